The van der Waals surface area contributed by atoms with E-state index in [1.807, 2.05) is 6.07 Å². The van der Waals surface area contributed by atoms with Gasteiger partial charge < -0.3 is 10.6 Å². The van der Waals surface area contributed by atoms with Crippen molar-refractivity contribution in [1.29, 1.82) is 0 Å². The smallest absolute Gasteiger partial charge is 0.259 e. The first kappa shape index (κ1) is 15.0. The number of rotatable bonds is 3. The van der Waals surface area contributed by atoms with Gasteiger partial charge in [-0.15, -0.1) is 0 Å². The number of halogens is 3. The molecule has 2 rings (SSSR count). The van der Waals surface area contributed by atoms with Crippen molar-refractivity contribution >= 4 is 51.6 Å². The van der Waals surface area contributed by atoms with E-state index in [4.69, 9.17) is 11.6 Å². The van der Waals surface area contributed by atoms with E-state index in [0.29, 0.717) is 16.5 Å². The molecular formula is C13H10ClFIN3O. The van der Waals surface area contributed by atoms with Crippen LogP contribution in [0.25, 0.3) is 0 Å². The van der Waals surface area contributed by atoms with Gasteiger partial charge in [-0.3, -0.25) is 4.79 Å². The maximum atomic E-state index is 13.2. The molecule has 4 nitrogen and oxygen atoms in total. The van der Waals surface area contributed by atoms with Gasteiger partial charge in [-0.25, -0.2) is 9.37 Å². The lowest BCUT2D eigenvalue weighted by atomic mass is 10.2. The summed E-state index contributed by atoms with van der Waals surface area (Å²) >= 11 is 8.16. The molecule has 7 heteroatoms. The first-order chi connectivity index (χ1) is 9.51. The van der Waals surface area contributed by atoms with Crippen molar-refractivity contribution in [2.24, 2.45) is 0 Å². The van der Waals surface area contributed by atoms with E-state index >= 15 is 0 Å². The molecule has 0 bridgehead atoms. The lowest BCUT2D eigenvalue weighted by molar-refractivity contribution is 0.102. The molecule has 0 fully saturated rings. The Hall–Kier alpha value is -1.41. The van der Waals surface area contributed by atoms with Crippen LogP contribution in [0.2, 0.25) is 5.02 Å². The molecule has 2 aromatic rings. The van der Waals surface area contributed by atoms with Gasteiger partial charge in [0.2, 0.25) is 0 Å². The first-order valence-corrected chi connectivity index (χ1v) is 7.06. The molecule has 1 amide bonds. The van der Waals surface area contributed by atoms with Crippen molar-refractivity contribution in [2.75, 3.05) is 17.7 Å². The zero-order chi connectivity index (χ0) is 14.7. The third kappa shape index (κ3) is 3.37. The van der Waals surface area contributed by atoms with Crippen LogP contribution in [0.4, 0.5) is 15.9 Å². The Bertz CT molecular complexity index is 666. The van der Waals surface area contributed by atoms with Crippen LogP contribution in [-0.2, 0) is 0 Å². The van der Waals surface area contributed by atoms with Gasteiger partial charge in [0.15, 0.2) is 0 Å². The second-order valence-corrected chi connectivity index (χ2v) is 5.53. The number of nitrogens with one attached hydrogen (secondary N) is 2. The minimum absolute atomic E-state index is 0.113. The van der Waals surface area contributed by atoms with Crippen LogP contribution in [-0.4, -0.2) is 17.9 Å². The highest BCUT2D eigenvalue weighted by Gasteiger charge is 2.14. The normalized spacial score (nSPS) is 10.2. The molecule has 1 aromatic heterocycles. The molecule has 0 aliphatic heterocycles. The van der Waals surface area contributed by atoms with Gasteiger partial charge in [-0.05, 0) is 46.9 Å². The molecule has 20 heavy (non-hydrogen) atoms. The van der Waals surface area contributed by atoms with Crippen LogP contribution >= 0.6 is 34.2 Å². The van der Waals surface area contributed by atoms with Crippen LogP contribution in [0.1, 0.15) is 10.4 Å². The Morgan fingerprint density at radius 1 is 1.40 bits per heavy atom. The summed E-state index contributed by atoms with van der Waals surface area (Å²) in [6.07, 6.45) is 1.04. The lowest BCUT2D eigenvalue weighted by Gasteiger charge is -2.10. The monoisotopic (exact) mass is 405 g/mol. The highest BCUT2D eigenvalue weighted by Crippen LogP contribution is 2.25. The zero-order valence-electron chi connectivity index (χ0n) is 10.4. The highest BCUT2D eigenvalue weighted by molar-refractivity contribution is 14.1. The number of hydrogen-bond donors (Lipinski definition) is 2. The molecule has 0 radical (unpaired) electrons. The topological polar surface area (TPSA) is 54.0 Å². The number of benzene rings is 1. The van der Waals surface area contributed by atoms with Crippen LogP contribution in [0.3, 0.4) is 0 Å². The molecule has 1 aromatic carbocycles. The Morgan fingerprint density at radius 3 is 2.80 bits per heavy atom. The SMILES string of the molecule is CNc1ncc(F)cc1C(=O)Nc1ccc(I)cc1Cl. The summed E-state index contributed by atoms with van der Waals surface area (Å²) in [5, 5.41) is 5.79. The third-order valence-corrected chi connectivity index (χ3v) is 3.50. The average Bonchev–Trinajstić information content (AvgIpc) is 2.41. The van der Waals surface area contributed by atoms with Crippen LogP contribution in [0.15, 0.2) is 30.5 Å². The van der Waals surface area contributed by atoms with E-state index in [2.05, 4.69) is 38.2 Å². The molecular weight excluding hydrogens is 396 g/mol. The number of hydrogen-bond acceptors (Lipinski definition) is 3. The molecule has 104 valence electrons. The second-order valence-electron chi connectivity index (χ2n) is 3.88. The van der Waals surface area contributed by atoms with Crippen molar-refractivity contribution in [3.05, 3.63) is 50.4 Å². The summed E-state index contributed by atoms with van der Waals surface area (Å²) < 4.78 is 14.2. The Kier molecular flexibility index (Phi) is 4.77. The van der Waals surface area contributed by atoms with Crippen molar-refractivity contribution in [2.45, 2.75) is 0 Å². The average molecular weight is 406 g/mol. The Balaban J connectivity index is 2.30. The van der Waals surface area contributed by atoms with Gasteiger partial charge in [-0.1, -0.05) is 11.6 Å². The lowest BCUT2D eigenvalue weighted by Crippen LogP contribution is -2.15. The largest absolute Gasteiger partial charge is 0.372 e. The molecule has 1 heterocycles. The standard InChI is InChI=1S/C13H10ClFIN3O/c1-17-12-9(4-7(15)6-18-12)13(20)19-11-3-2-8(16)5-10(11)14/h2-6H,1H3,(H,17,18)(H,19,20). The second kappa shape index (κ2) is 6.36. The van der Waals surface area contributed by atoms with E-state index in [1.54, 1.807) is 19.2 Å². The molecule has 0 aliphatic rings. The molecule has 0 saturated carbocycles. The summed E-state index contributed by atoms with van der Waals surface area (Å²) in [6.45, 7) is 0. The van der Waals surface area contributed by atoms with Gasteiger partial charge >= 0.3 is 0 Å². The summed E-state index contributed by atoms with van der Waals surface area (Å²) in [4.78, 5) is 16.0. The fourth-order valence-electron chi connectivity index (χ4n) is 1.59. The fraction of sp³-hybridized carbons (Fsp3) is 0.0769. The first-order valence-electron chi connectivity index (χ1n) is 5.61. The number of anilines is 2. The number of nitrogens with zero attached hydrogens (tertiary/aromatic N) is 1. The van der Waals surface area contributed by atoms with E-state index < -0.39 is 11.7 Å². The predicted octanol–water partition coefficient (Wildman–Crippen LogP) is 3.77. The van der Waals surface area contributed by atoms with Gasteiger partial charge in [0.25, 0.3) is 5.91 Å². The predicted molar refractivity (Wildman–Crippen MR) is 85.9 cm³/mol. The Labute approximate surface area is 133 Å². The minimum Gasteiger partial charge on any atom is -0.372 e. The number of aromatic nitrogens is 1. The zero-order valence-corrected chi connectivity index (χ0v) is 13.3. The quantitative estimate of drug-likeness (QED) is 0.764. The summed E-state index contributed by atoms with van der Waals surface area (Å²) in [7, 11) is 1.61. The molecule has 2 N–H and O–H groups in total. The molecule has 0 saturated heterocycles. The summed E-state index contributed by atoms with van der Waals surface area (Å²) in [6, 6.07) is 6.34. The van der Waals surface area contributed by atoms with Crippen LogP contribution in [0, 0.1) is 9.39 Å². The number of carbonyl (C=O) groups is 1. The van der Waals surface area contributed by atoms with E-state index in [0.717, 1.165) is 15.8 Å². The maximum Gasteiger partial charge on any atom is 0.259 e. The van der Waals surface area contributed by atoms with Gasteiger partial charge in [0, 0.05) is 10.6 Å². The van der Waals surface area contributed by atoms with Gasteiger partial charge in [-0.2, -0.15) is 0 Å². The van der Waals surface area contributed by atoms with E-state index in [1.165, 1.54) is 0 Å². The number of carbonyl (C=O) groups excluding carboxylic acids is 1. The minimum atomic E-state index is -0.581. The van der Waals surface area contributed by atoms with Crippen molar-refractivity contribution in [3.8, 4) is 0 Å². The molecule has 0 aliphatic carbocycles. The van der Waals surface area contributed by atoms with Crippen LogP contribution < -0.4 is 10.6 Å². The molecule has 0 atom stereocenters. The number of pyridine rings is 1. The van der Waals surface area contributed by atoms with Crippen molar-refractivity contribution in [3.63, 3.8) is 0 Å². The summed E-state index contributed by atoms with van der Waals surface area (Å²) in [5.41, 5.74) is 0.575. The molecule has 0 spiro atoms. The maximum absolute atomic E-state index is 13.2. The summed E-state index contributed by atoms with van der Waals surface area (Å²) in [5.74, 6) is -0.766. The van der Waals surface area contributed by atoms with Crippen LogP contribution in [0.5, 0.6) is 0 Å². The fourth-order valence-corrected chi connectivity index (χ4v) is 2.50. The highest BCUT2D eigenvalue weighted by atomic mass is 127. The van der Waals surface area contributed by atoms with Gasteiger partial charge in [0.1, 0.15) is 11.6 Å². The number of amides is 1. The molecule has 0 unspecified atom stereocenters. The van der Waals surface area contributed by atoms with Crippen molar-refractivity contribution < 1.29 is 9.18 Å². The van der Waals surface area contributed by atoms with Crippen molar-refractivity contribution in [1.82, 2.24) is 4.98 Å². The Morgan fingerprint density at radius 2 is 2.15 bits per heavy atom. The van der Waals surface area contributed by atoms with Gasteiger partial charge in [0.05, 0.1) is 22.5 Å². The van der Waals surface area contributed by atoms with E-state index in [9.17, 15) is 9.18 Å². The van der Waals surface area contributed by atoms with E-state index in [-0.39, 0.29) is 5.56 Å². The third-order valence-electron chi connectivity index (χ3n) is 2.52.